The molecule has 0 radical (unpaired) electrons. The van der Waals surface area contributed by atoms with Crippen LogP contribution in [0.2, 0.25) is 0 Å². The highest BCUT2D eigenvalue weighted by atomic mass is 15.1. The lowest BCUT2D eigenvalue weighted by molar-refractivity contribution is 0.125. The molecule has 2 heterocycles. The van der Waals surface area contributed by atoms with Gasteiger partial charge in [0.1, 0.15) is 0 Å². The third-order valence-corrected chi connectivity index (χ3v) is 6.25. The standard InChI is InChI=1S/C19H36N2/c1-3-7-18(8-4-1)9-14-20-15-10-19(11-16-20)17-21-12-5-2-6-13-21/h18-19H,1-17H2. The Balaban J connectivity index is 1.29. The highest BCUT2D eigenvalue weighted by Crippen LogP contribution is 2.27. The number of rotatable bonds is 5. The van der Waals surface area contributed by atoms with Crippen molar-refractivity contribution in [1.29, 1.82) is 0 Å². The number of likely N-dealkylation sites (tertiary alicyclic amines) is 2. The molecule has 0 aromatic carbocycles. The molecule has 3 rings (SSSR count). The first kappa shape index (κ1) is 15.8. The van der Waals surface area contributed by atoms with Gasteiger partial charge in [-0.2, -0.15) is 0 Å². The van der Waals surface area contributed by atoms with Crippen LogP contribution in [0.15, 0.2) is 0 Å². The van der Waals surface area contributed by atoms with Gasteiger partial charge in [0.2, 0.25) is 0 Å². The molecule has 2 nitrogen and oxygen atoms in total. The Hall–Kier alpha value is -0.0800. The molecule has 21 heavy (non-hydrogen) atoms. The van der Waals surface area contributed by atoms with Gasteiger partial charge in [-0.25, -0.2) is 0 Å². The molecule has 0 unspecified atom stereocenters. The number of hydrogen-bond donors (Lipinski definition) is 0. The van der Waals surface area contributed by atoms with Gasteiger partial charge in [0.15, 0.2) is 0 Å². The van der Waals surface area contributed by atoms with Gasteiger partial charge in [0.25, 0.3) is 0 Å². The second-order valence-corrected chi connectivity index (χ2v) is 7.94. The van der Waals surface area contributed by atoms with Crippen molar-refractivity contribution in [3.63, 3.8) is 0 Å². The summed E-state index contributed by atoms with van der Waals surface area (Å²) in [6, 6.07) is 0. The molecule has 2 aliphatic heterocycles. The fraction of sp³-hybridized carbons (Fsp3) is 1.00. The van der Waals surface area contributed by atoms with Crippen LogP contribution >= 0.6 is 0 Å². The summed E-state index contributed by atoms with van der Waals surface area (Å²) >= 11 is 0. The Morgan fingerprint density at radius 1 is 0.571 bits per heavy atom. The first-order chi connectivity index (χ1) is 10.4. The summed E-state index contributed by atoms with van der Waals surface area (Å²) < 4.78 is 0. The Bertz CT molecular complexity index is 271. The number of piperidine rings is 2. The molecular weight excluding hydrogens is 256 g/mol. The molecular formula is C19H36N2. The van der Waals surface area contributed by atoms with Crippen LogP contribution in [0.25, 0.3) is 0 Å². The normalized spacial score (nSPS) is 28.0. The average molecular weight is 293 g/mol. The van der Waals surface area contributed by atoms with E-state index in [4.69, 9.17) is 0 Å². The van der Waals surface area contributed by atoms with E-state index < -0.39 is 0 Å². The quantitative estimate of drug-likeness (QED) is 0.751. The fourth-order valence-electron chi connectivity index (χ4n) is 4.74. The zero-order chi connectivity index (χ0) is 14.3. The number of nitrogens with zero attached hydrogens (tertiary/aromatic N) is 2. The van der Waals surface area contributed by atoms with Gasteiger partial charge >= 0.3 is 0 Å². The summed E-state index contributed by atoms with van der Waals surface area (Å²) in [5.41, 5.74) is 0. The summed E-state index contributed by atoms with van der Waals surface area (Å²) in [6.45, 7) is 8.30. The van der Waals surface area contributed by atoms with Crippen molar-refractivity contribution in [3.8, 4) is 0 Å². The predicted octanol–water partition coefficient (Wildman–Crippen LogP) is 4.15. The van der Waals surface area contributed by atoms with Gasteiger partial charge in [0, 0.05) is 6.54 Å². The van der Waals surface area contributed by atoms with Crippen LogP contribution in [0.5, 0.6) is 0 Å². The lowest BCUT2D eigenvalue weighted by atomic mass is 9.86. The zero-order valence-corrected chi connectivity index (χ0v) is 14.1. The smallest absolute Gasteiger partial charge is 0.00106 e. The minimum Gasteiger partial charge on any atom is -0.303 e. The minimum atomic E-state index is 0.994. The molecule has 2 heteroatoms. The van der Waals surface area contributed by atoms with Crippen LogP contribution in [-0.4, -0.2) is 49.1 Å². The maximum atomic E-state index is 2.77. The van der Waals surface area contributed by atoms with Crippen LogP contribution in [0.3, 0.4) is 0 Å². The van der Waals surface area contributed by atoms with Crippen molar-refractivity contribution in [2.24, 2.45) is 11.8 Å². The Kier molecular flexibility index (Phi) is 6.42. The molecule has 0 aromatic heterocycles. The van der Waals surface area contributed by atoms with E-state index in [0.717, 1.165) is 11.8 Å². The maximum Gasteiger partial charge on any atom is 0.00106 e. The van der Waals surface area contributed by atoms with Crippen LogP contribution < -0.4 is 0 Å². The third kappa shape index (κ3) is 5.25. The summed E-state index contributed by atoms with van der Waals surface area (Å²) in [5.74, 6) is 2.05. The summed E-state index contributed by atoms with van der Waals surface area (Å²) in [6.07, 6.45) is 16.3. The van der Waals surface area contributed by atoms with Gasteiger partial charge in [-0.1, -0.05) is 38.5 Å². The van der Waals surface area contributed by atoms with Crippen LogP contribution in [0.1, 0.15) is 70.6 Å². The molecule has 1 aliphatic carbocycles. The van der Waals surface area contributed by atoms with E-state index in [0.29, 0.717) is 0 Å². The summed E-state index contributed by atoms with van der Waals surface area (Å²) in [5, 5.41) is 0. The molecule has 0 N–H and O–H groups in total. The van der Waals surface area contributed by atoms with Crippen molar-refractivity contribution >= 4 is 0 Å². The maximum absolute atomic E-state index is 2.77. The Morgan fingerprint density at radius 2 is 1.24 bits per heavy atom. The van der Waals surface area contributed by atoms with Crippen molar-refractivity contribution < 1.29 is 0 Å². The monoisotopic (exact) mass is 292 g/mol. The van der Waals surface area contributed by atoms with E-state index in [1.807, 2.05) is 0 Å². The molecule has 0 spiro atoms. The first-order valence-electron chi connectivity index (χ1n) is 9.85. The molecule has 0 atom stereocenters. The molecule has 0 bridgehead atoms. The van der Waals surface area contributed by atoms with E-state index in [-0.39, 0.29) is 0 Å². The molecule has 3 aliphatic rings. The lowest BCUT2D eigenvalue weighted by Crippen LogP contribution is -2.40. The molecule has 1 saturated carbocycles. The van der Waals surface area contributed by atoms with Gasteiger partial charge < -0.3 is 9.80 Å². The van der Waals surface area contributed by atoms with Crippen molar-refractivity contribution in [1.82, 2.24) is 9.80 Å². The zero-order valence-electron chi connectivity index (χ0n) is 14.1. The molecule has 2 saturated heterocycles. The van der Waals surface area contributed by atoms with Gasteiger partial charge in [0.05, 0.1) is 0 Å². The van der Waals surface area contributed by atoms with Crippen LogP contribution in [-0.2, 0) is 0 Å². The largest absolute Gasteiger partial charge is 0.303 e. The second-order valence-electron chi connectivity index (χ2n) is 7.94. The van der Waals surface area contributed by atoms with Crippen molar-refractivity contribution in [2.75, 3.05) is 39.3 Å². The van der Waals surface area contributed by atoms with Crippen LogP contribution in [0, 0.1) is 11.8 Å². The average Bonchev–Trinajstić information content (AvgIpc) is 2.56. The molecule has 122 valence electrons. The third-order valence-electron chi connectivity index (χ3n) is 6.25. The topological polar surface area (TPSA) is 6.48 Å². The lowest BCUT2D eigenvalue weighted by Gasteiger charge is -2.36. The van der Waals surface area contributed by atoms with Crippen molar-refractivity contribution in [2.45, 2.75) is 70.6 Å². The van der Waals surface area contributed by atoms with Gasteiger partial charge in [-0.15, -0.1) is 0 Å². The van der Waals surface area contributed by atoms with Crippen LogP contribution in [0.4, 0.5) is 0 Å². The van der Waals surface area contributed by atoms with E-state index in [1.54, 1.807) is 0 Å². The van der Waals surface area contributed by atoms with Gasteiger partial charge in [-0.3, -0.25) is 0 Å². The van der Waals surface area contributed by atoms with Gasteiger partial charge in [-0.05, 0) is 76.7 Å². The SMILES string of the molecule is C1CCC(CCN2CCC(CN3CCCCC3)CC2)CC1. The molecule has 0 amide bonds. The minimum absolute atomic E-state index is 0.994. The Labute approximate surface area is 132 Å². The summed E-state index contributed by atoms with van der Waals surface area (Å²) in [7, 11) is 0. The second kappa shape index (κ2) is 8.53. The predicted molar refractivity (Wildman–Crippen MR) is 90.6 cm³/mol. The highest BCUT2D eigenvalue weighted by Gasteiger charge is 2.23. The van der Waals surface area contributed by atoms with E-state index in [1.165, 1.54) is 110 Å². The fourth-order valence-corrected chi connectivity index (χ4v) is 4.74. The highest BCUT2D eigenvalue weighted by molar-refractivity contribution is 4.77. The summed E-state index contributed by atoms with van der Waals surface area (Å²) in [4.78, 5) is 5.51. The molecule has 0 aromatic rings. The Morgan fingerprint density at radius 3 is 1.95 bits per heavy atom. The number of hydrogen-bond acceptors (Lipinski definition) is 2. The first-order valence-corrected chi connectivity index (χ1v) is 9.85. The van der Waals surface area contributed by atoms with E-state index in [2.05, 4.69) is 9.80 Å². The van der Waals surface area contributed by atoms with E-state index in [9.17, 15) is 0 Å². The van der Waals surface area contributed by atoms with E-state index >= 15 is 0 Å². The van der Waals surface area contributed by atoms with Crippen molar-refractivity contribution in [3.05, 3.63) is 0 Å². The molecule has 3 fully saturated rings.